The average Bonchev–Trinajstić information content (AvgIpc) is 3.56. The fourth-order valence-electron chi connectivity index (χ4n) is 13.4. The molecule has 14 aromatic carbocycles. The van der Waals surface area contributed by atoms with Gasteiger partial charge in [0.05, 0.1) is 5.69 Å². The number of benzene rings is 14. The third-order valence-corrected chi connectivity index (χ3v) is 17.4. The van der Waals surface area contributed by atoms with E-state index in [4.69, 9.17) is 4.42 Å². The zero-order chi connectivity index (χ0) is 54.5. The van der Waals surface area contributed by atoms with Crippen molar-refractivity contribution in [1.82, 2.24) is 0 Å². The summed E-state index contributed by atoms with van der Waals surface area (Å²) in [5.41, 5.74) is 20.3. The maximum Gasteiger partial charge on any atom is 0.143 e. The Hall–Kier alpha value is -10.5. The van der Waals surface area contributed by atoms with E-state index in [1.54, 1.807) is 0 Å². The van der Waals surface area contributed by atoms with Crippen molar-refractivity contribution in [1.29, 1.82) is 0 Å². The summed E-state index contributed by atoms with van der Waals surface area (Å²) in [5, 5.41) is 12.3. The molecule has 82 heavy (non-hydrogen) atoms. The minimum absolute atomic E-state index is 0.297. The fraction of sp³-hybridized carbons (Fsp3) is 0.0380. The standard InChI is InChI=1S/C79H54N2O/c1-79(2)74-49-54(61-29-17-30-72-71-28-15-16-31-77(71)82-78(61)72)37-44-68(74)69-45-42-59(50-75(69)79)81(58-38-32-51(33-39-58)53-36-43-67-65-25-10-9-23-63(65)64-24-11-12-26-66(64)73(67)48-53)76-47-46-60(62-22-13-14-27-70(62)76)52-34-40-57(41-35-52)80(55-18-5-3-6-19-55)56-20-7-4-8-21-56/h3-50H,1-2H3. The molecule has 0 saturated carbocycles. The summed E-state index contributed by atoms with van der Waals surface area (Å²) in [6, 6.07) is 107. The number of rotatable bonds is 9. The predicted molar refractivity (Wildman–Crippen MR) is 347 cm³/mol. The Morgan fingerprint density at radius 3 is 1.39 bits per heavy atom. The summed E-state index contributed by atoms with van der Waals surface area (Å²) in [7, 11) is 0. The molecule has 0 aliphatic heterocycles. The van der Waals surface area contributed by atoms with Crippen molar-refractivity contribution in [3.63, 3.8) is 0 Å². The van der Waals surface area contributed by atoms with Gasteiger partial charge in [-0.1, -0.05) is 220 Å². The van der Waals surface area contributed by atoms with Crippen LogP contribution in [-0.4, -0.2) is 0 Å². The number of hydrogen-bond acceptors (Lipinski definition) is 3. The van der Waals surface area contributed by atoms with E-state index in [9.17, 15) is 0 Å². The first kappa shape index (κ1) is 47.5. The molecule has 0 N–H and O–H groups in total. The molecule has 3 heteroatoms. The van der Waals surface area contributed by atoms with Gasteiger partial charge in [-0.25, -0.2) is 0 Å². The quantitative estimate of drug-likeness (QED) is 0.134. The average molecular weight is 1050 g/mol. The van der Waals surface area contributed by atoms with Crippen LogP contribution in [0.4, 0.5) is 34.1 Å². The summed E-state index contributed by atoms with van der Waals surface area (Å²) < 4.78 is 6.58. The number of hydrogen-bond donors (Lipinski definition) is 0. The molecule has 1 heterocycles. The van der Waals surface area contributed by atoms with E-state index in [1.165, 1.54) is 82.0 Å². The molecule has 1 aliphatic rings. The topological polar surface area (TPSA) is 19.6 Å². The van der Waals surface area contributed by atoms with E-state index in [1.807, 2.05) is 6.07 Å². The van der Waals surface area contributed by atoms with Gasteiger partial charge in [-0.05, 0) is 173 Å². The Morgan fingerprint density at radius 1 is 0.256 bits per heavy atom. The first-order valence-electron chi connectivity index (χ1n) is 28.4. The smallest absolute Gasteiger partial charge is 0.143 e. The Bertz CT molecular complexity index is 4920. The molecule has 0 fully saturated rings. The number of nitrogens with zero attached hydrogens (tertiary/aromatic N) is 2. The molecule has 0 saturated heterocycles. The Labute approximate surface area is 476 Å². The van der Waals surface area contributed by atoms with Crippen LogP contribution >= 0.6 is 0 Å². The fourth-order valence-corrected chi connectivity index (χ4v) is 13.4. The van der Waals surface area contributed by atoms with Gasteiger partial charge in [0.25, 0.3) is 0 Å². The molecule has 0 amide bonds. The van der Waals surface area contributed by atoms with E-state index in [2.05, 4.69) is 309 Å². The minimum Gasteiger partial charge on any atom is -0.455 e. The predicted octanol–water partition coefficient (Wildman–Crippen LogP) is 22.4. The van der Waals surface area contributed by atoms with Crippen LogP contribution in [0.2, 0.25) is 0 Å². The SMILES string of the molecule is CC1(C)c2cc(-c3cccc4c3oc3ccccc34)ccc2-c2ccc(N(c3ccc(-c4ccc5c6ccccc6c6ccccc6c5c4)cc3)c3ccc(-c4ccc(N(c5ccccc5)c5ccccc5)cc4)c4ccccc34)cc21. The number of fused-ring (bicyclic) bond motifs is 13. The van der Waals surface area contributed by atoms with Crippen molar-refractivity contribution < 1.29 is 4.42 Å². The van der Waals surface area contributed by atoms with Crippen LogP contribution in [-0.2, 0) is 5.41 Å². The second-order valence-electron chi connectivity index (χ2n) is 22.4. The molecule has 0 spiro atoms. The molecule has 0 unspecified atom stereocenters. The van der Waals surface area contributed by atoms with Crippen LogP contribution in [0.5, 0.6) is 0 Å². The Kier molecular flexibility index (Phi) is 10.9. The number of para-hydroxylation sites is 4. The first-order valence-corrected chi connectivity index (χ1v) is 28.4. The van der Waals surface area contributed by atoms with E-state index in [-0.39, 0.29) is 5.41 Å². The highest BCUT2D eigenvalue weighted by Gasteiger charge is 2.37. The normalized spacial score (nSPS) is 12.6. The van der Waals surface area contributed by atoms with Crippen LogP contribution in [0.25, 0.3) is 110 Å². The van der Waals surface area contributed by atoms with Crippen molar-refractivity contribution in [2.45, 2.75) is 19.3 Å². The largest absolute Gasteiger partial charge is 0.455 e. The number of anilines is 6. The molecule has 0 bridgehead atoms. The molecule has 386 valence electrons. The van der Waals surface area contributed by atoms with Crippen LogP contribution in [0.1, 0.15) is 25.0 Å². The van der Waals surface area contributed by atoms with Gasteiger partial charge in [-0.3, -0.25) is 0 Å². The zero-order valence-electron chi connectivity index (χ0n) is 45.5. The lowest BCUT2D eigenvalue weighted by Crippen LogP contribution is -2.17. The highest BCUT2D eigenvalue weighted by atomic mass is 16.3. The lowest BCUT2D eigenvalue weighted by molar-refractivity contribution is 0.660. The monoisotopic (exact) mass is 1050 g/mol. The van der Waals surface area contributed by atoms with Crippen molar-refractivity contribution in [2.24, 2.45) is 0 Å². The molecule has 1 aromatic heterocycles. The lowest BCUT2D eigenvalue weighted by atomic mass is 9.81. The first-order chi connectivity index (χ1) is 40.4. The third-order valence-electron chi connectivity index (χ3n) is 17.4. The van der Waals surface area contributed by atoms with Gasteiger partial charge in [-0.2, -0.15) is 0 Å². The highest BCUT2D eigenvalue weighted by molar-refractivity contribution is 6.26. The zero-order valence-corrected chi connectivity index (χ0v) is 45.5. The van der Waals surface area contributed by atoms with E-state index in [0.29, 0.717) is 0 Å². The summed E-state index contributed by atoms with van der Waals surface area (Å²) >= 11 is 0. The van der Waals surface area contributed by atoms with Crippen molar-refractivity contribution in [2.75, 3.05) is 9.80 Å². The molecule has 3 nitrogen and oxygen atoms in total. The summed E-state index contributed by atoms with van der Waals surface area (Å²) in [6.07, 6.45) is 0. The van der Waals surface area contributed by atoms with Gasteiger partial charge in [-0.15, -0.1) is 0 Å². The van der Waals surface area contributed by atoms with Gasteiger partial charge in [0.1, 0.15) is 11.2 Å². The molecular weight excluding hydrogens is 993 g/mol. The van der Waals surface area contributed by atoms with Crippen molar-refractivity contribution in [3.8, 4) is 44.5 Å². The lowest BCUT2D eigenvalue weighted by Gasteiger charge is -2.30. The van der Waals surface area contributed by atoms with E-state index in [0.717, 1.165) is 72.8 Å². The van der Waals surface area contributed by atoms with Gasteiger partial charge >= 0.3 is 0 Å². The van der Waals surface area contributed by atoms with Crippen molar-refractivity contribution in [3.05, 3.63) is 302 Å². The molecule has 0 atom stereocenters. The van der Waals surface area contributed by atoms with Gasteiger partial charge in [0, 0.05) is 55.6 Å². The maximum absolute atomic E-state index is 6.58. The Balaban J connectivity index is 0.819. The van der Waals surface area contributed by atoms with E-state index < -0.39 is 0 Å². The second kappa shape index (κ2) is 18.8. The summed E-state index contributed by atoms with van der Waals surface area (Å²) in [5.74, 6) is 0. The van der Waals surface area contributed by atoms with Crippen LogP contribution in [0.3, 0.4) is 0 Å². The second-order valence-corrected chi connectivity index (χ2v) is 22.4. The highest BCUT2D eigenvalue weighted by Crippen LogP contribution is 2.53. The molecular formula is C79H54N2O. The Morgan fingerprint density at radius 2 is 0.720 bits per heavy atom. The van der Waals surface area contributed by atoms with Gasteiger partial charge < -0.3 is 14.2 Å². The van der Waals surface area contributed by atoms with Crippen molar-refractivity contribution >= 4 is 99.2 Å². The molecule has 0 radical (unpaired) electrons. The van der Waals surface area contributed by atoms with E-state index >= 15 is 0 Å². The third kappa shape index (κ3) is 7.58. The summed E-state index contributed by atoms with van der Waals surface area (Å²) in [6.45, 7) is 4.77. The van der Waals surface area contributed by atoms with Gasteiger partial charge in [0.15, 0.2) is 0 Å². The van der Waals surface area contributed by atoms with Crippen LogP contribution < -0.4 is 9.80 Å². The molecule has 15 aromatic rings. The number of furan rings is 1. The maximum atomic E-state index is 6.58. The van der Waals surface area contributed by atoms with Gasteiger partial charge in [0.2, 0.25) is 0 Å². The molecule has 16 rings (SSSR count). The summed E-state index contributed by atoms with van der Waals surface area (Å²) in [4.78, 5) is 4.79. The van der Waals surface area contributed by atoms with Crippen LogP contribution in [0.15, 0.2) is 296 Å². The van der Waals surface area contributed by atoms with Crippen LogP contribution in [0, 0.1) is 0 Å². The molecule has 1 aliphatic carbocycles. The minimum atomic E-state index is -0.297.